The fraction of sp³-hybridized carbons (Fsp3) is 0.353. The van der Waals surface area contributed by atoms with Gasteiger partial charge in [0.2, 0.25) is 0 Å². The van der Waals surface area contributed by atoms with Crippen molar-refractivity contribution in [2.24, 2.45) is 0 Å². The van der Waals surface area contributed by atoms with Crippen LogP contribution in [0.2, 0.25) is 0 Å². The third-order valence-corrected chi connectivity index (χ3v) is 3.30. The number of hydrogen-bond donors (Lipinski definition) is 1. The molecule has 0 aliphatic rings. The lowest BCUT2D eigenvalue weighted by Gasteiger charge is -2.19. The van der Waals surface area contributed by atoms with Gasteiger partial charge in [0, 0.05) is 18.4 Å². The number of aromatic nitrogens is 1. The van der Waals surface area contributed by atoms with Gasteiger partial charge in [-0.15, -0.1) is 0 Å². The normalized spacial score (nSPS) is 12.1. The van der Waals surface area contributed by atoms with E-state index in [4.69, 9.17) is 4.74 Å². The Morgan fingerprint density at radius 2 is 2.15 bits per heavy atom. The van der Waals surface area contributed by atoms with Crippen molar-refractivity contribution in [1.29, 1.82) is 0 Å². The van der Waals surface area contributed by atoms with E-state index in [9.17, 15) is 0 Å². The molecule has 1 N–H and O–H groups in total. The molecule has 0 aliphatic carbocycles. The minimum absolute atomic E-state index is 0.286. The third kappa shape index (κ3) is 4.07. The third-order valence-electron chi connectivity index (χ3n) is 3.30. The van der Waals surface area contributed by atoms with Gasteiger partial charge in [-0.2, -0.15) is 0 Å². The summed E-state index contributed by atoms with van der Waals surface area (Å²) in [5.41, 5.74) is 2.49. The second-order valence-electron chi connectivity index (χ2n) is 4.85. The molecule has 1 aromatic carbocycles. The van der Waals surface area contributed by atoms with Crippen LogP contribution in [-0.4, -0.2) is 18.6 Å². The van der Waals surface area contributed by atoms with E-state index in [0.29, 0.717) is 0 Å². The molecule has 0 bridgehead atoms. The van der Waals surface area contributed by atoms with Crippen LogP contribution in [0.25, 0.3) is 0 Å². The molecule has 2 aromatic rings. The SMILES string of the molecule is CCCNC(Cc1cccnc1)c1cccc(OC)c1. The second kappa shape index (κ2) is 7.65. The molecule has 3 heteroatoms. The van der Waals surface area contributed by atoms with Gasteiger partial charge >= 0.3 is 0 Å². The second-order valence-corrected chi connectivity index (χ2v) is 4.85. The quantitative estimate of drug-likeness (QED) is 0.837. The van der Waals surface area contributed by atoms with E-state index in [1.165, 1.54) is 11.1 Å². The number of nitrogens with one attached hydrogen (secondary N) is 1. The first-order valence-electron chi connectivity index (χ1n) is 7.09. The van der Waals surface area contributed by atoms with Crippen LogP contribution in [0.4, 0.5) is 0 Å². The Kier molecular flexibility index (Phi) is 5.56. The molecular formula is C17H22N2O. The monoisotopic (exact) mass is 270 g/mol. The maximum atomic E-state index is 5.32. The molecule has 0 fully saturated rings. The van der Waals surface area contributed by atoms with Gasteiger partial charge in [0.05, 0.1) is 7.11 Å². The zero-order chi connectivity index (χ0) is 14.2. The summed E-state index contributed by atoms with van der Waals surface area (Å²) in [5, 5.41) is 3.60. The highest BCUT2D eigenvalue weighted by Crippen LogP contribution is 2.22. The number of ether oxygens (including phenoxy) is 1. The molecule has 1 atom stereocenters. The Morgan fingerprint density at radius 3 is 2.85 bits per heavy atom. The van der Waals surface area contributed by atoms with Crippen molar-refractivity contribution in [3.05, 3.63) is 59.9 Å². The van der Waals surface area contributed by atoms with Crippen molar-refractivity contribution in [1.82, 2.24) is 10.3 Å². The molecule has 0 radical (unpaired) electrons. The molecule has 20 heavy (non-hydrogen) atoms. The Morgan fingerprint density at radius 1 is 1.25 bits per heavy atom. The van der Waals surface area contributed by atoms with Crippen LogP contribution in [0.5, 0.6) is 5.75 Å². The first kappa shape index (κ1) is 14.5. The average molecular weight is 270 g/mol. The molecule has 1 heterocycles. The Hall–Kier alpha value is -1.87. The summed E-state index contributed by atoms with van der Waals surface area (Å²) in [7, 11) is 1.70. The van der Waals surface area contributed by atoms with E-state index in [1.54, 1.807) is 7.11 Å². The van der Waals surface area contributed by atoms with Gasteiger partial charge in [0.15, 0.2) is 0 Å². The van der Waals surface area contributed by atoms with Crippen LogP contribution in [0, 0.1) is 0 Å². The summed E-state index contributed by atoms with van der Waals surface area (Å²) in [6.45, 7) is 3.18. The molecule has 3 nitrogen and oxygen atoms in total. The maximum absolute atomic E-state index is 5.32. The predicted octanol–water partition coefficient (Wildman–Crippen LogP) is 3.37. The lowest BCUT2D eigenvalue weighted by atomic mass is 9.99. The van der Waals surface area contributed by atoms with Gasteiger partial charge in [-0.1, -0.05) is 25.1 Å². The summed E-state index contributed by atoms with van der Waals surface area (Å²) >= 11 is 0. The Labute approximate surface area is 121 Å². The average Bonchev–Trinajstić information content (AvgIpc) is 2.52. The molecular weight excluding hydrogens is 248 g/mol. The Balaban J connectivity index is 2.17. The number of nitrogens with zero attached hydrogens (tertiary/aromatic N) is 1. The highest BCUT2D eigenvalue weighted by atomic mass is 16.5. The highest BCUT2D eigenvalue weighted by Gasteiger charge is 2.12. The predicted molar refractivity (Wildman–Crippen MR) is 82.0 cm³/mol. The van der Waals surface area contributed by atoms with Crippen molar-refractivity contribution in [2.45, 2.75) is 25.8 Å². The molecule has 0 aliphatic heterocycles. The Bertz CT molecular complexity index is 513. The van der Waals surface area contributed by atoms with Crippen molar-refractivity contribution in [3.8, 4) is 5.75 Å². The zero-order valence-electron chi connectivity index (χ0n) is 12.2. The smallest absolute Gasteiger partial charge is 0.119 e. The lowest BCUT2D eigenvalue weighted by molar-refractivity contribution is 0.412. The molecule has 1 aromatic heterocycles. The minimum Gasteiger partial charge on any atom is -0.497 e. The van der Waals surface area contributed by atoms with E-state index in [2.05, 4.69) is 35.4 Å². The van der Waals surface area contributed by atoms with Crippen molar-refractivity contribution in [3.63, 3.8) is 0 Å². The van der Waals surface area contributed by atoms with Gasteiger partial charge in [-0.25, -0.2) is 0 Å². The van der Waals surface area contributed by atoms with Crippen LogP contribution in [0.3, 0.4) is 0 Å². The molecule has 2 rings (SSSR count). The first-order valence-corrected chi connectivity index (χ1v) is 7.09. The van der Waals surface area contributed by atoms with E-state index >= 15 is 0 Å². The number of methoxy groups -OCH3 is 1. The first-order chi connectivity index (χ1) is 9.83. The summed E-state index contributed by atoms with van der Waals surface area (Å²) in [6.07, 6.45) is 5.79. The fourth-order valence-corrected chi connectivity index (χ4v) is 2.24. The van der Waals surface area contributed by atoms with Crippen molar-refractivity contribution >= 4 is 0 Å². The van der Waals surface area contributed by atoms with Gasteiger partial charge in [-0.05, 0) is 48.7 Å². The zero-order valence-corrected chi connectivity index (χ0v) is 12.2. The highest BCUT2D eigenvalue weighted by molar-refractivity contribution is 5.31. The summed E-state index contributed by atoms with van der Waals surface area (Å²) in [4.78, 5) is 4.19. The van der Waals surface area contributed by atoms with Crippen LogP contribution in [0.1, 0.15) is 30.5 Å². The molecule has 106 valence electrons. The van der Waals surface area contributed by atoms with E-state index < -0.39 is 0 Å². The van der Waals surface area contributed by atoms with Crippen molar-refractivity contribution in [2.75, 3.05) is 13.7 Å². The number of rotatable bonds is 7. The molecule has 0 spiro atoms. The lowest BCUT2D eigenvalue weighted by Crippen LogP contribution is -2.24. The van der Waals surface area contributed by atoms with E-state index in [1.807, 2.05) is 30.6 Å². The van der Waals surface area contributed by atoms with Crippen molar-refractivity contribution < 1.29 is 4.74 Å². The maximum Gasteiger partial charge on any atom is 0.119 e. The molecule has 0 amide bonds. The van der Waals surface area contributed by atoms with Gasteiger partial charge in [0.25, 0.3) is 0 Å². The molecule has 0 saturated carbocycles. The molecule has 0 saturated heterocycles. The summed E-state index contributed by atoms with van der Waals surface area (Å²) in [6, 6.07) is 12.7. The molecule has 1 unspecified atom stereocenters. The fourth-order valence-electron chi connectivity index (χ4n) is 2.24. The van der Waals surface area contributed by atoms with Crippen LogP contribution < -0.4 is 10.1 Å². The topological polar surface area (TPSA) is 34.2 Å². The van der Waals surface area contributed by atoms with E-state index in [0.717, 1.165) is 25.1 Å². The summed E-state index contributed by atoms with van der Waals surface area (Å²) < 4.78 is 5.32. The number of hydrogen-bond acceptors (Lipinski definition) is 3. The van der Waals surface area contributed by atoms with Gasteiger partial charge in [-0.3, -0.25) is 4.98 Å². The number of benzene rings is 1. The van der Waals surface area contributed by atoms with Crippen LogP contribution >= 0.6 is 0 Å². The van der Waals surface area contributed by atoms with Crippen LogP contribution in [-0.2, 0) is 6.42 Å². The van der Waals surface area contributed by atoms with Gasteiger partial charge < -0.3 is 10.1 Å². The van der Waals surface area contributed by atoms with E-state index in [-0.39, 0.29) is 6.04 Å². The van der Waals surface area contributed by atoms with Gasteiger partial charge in [0.1, 0.15) is 5.75 Å². The summed E-state index contributed by atoms with van der Waals surface area (Å²) in [5.74, 6) is 0.900. The number of pyridine rings is 1. The standard InChI is InChI=1S/C17H22N2O/c1-3-9-19-17(11-14-6-5-10-18-13-14)15-7-4-8-16(12-15)20-2/h4-8,10,12-13,17,19H,3,9,11H2,1-2H3. The minimum atomic E-state index is 0.286. The largest absolute Gasteiger partial charge is 0.497 e. The van der Waals surface area contributed by atoms with Crippen LogP contribution in [0.15, 0.2) is 48.8 Å².